The molecule has 0 aliphatic heterocycles. The number of carbonyl (C=O) groups excluding carboxylic acids is 1. The van der Waals surface area contributed by atoms with E-state index in [4.69, 9.17) is 21.7 Å². The Morgan fingerprint density at radius 1 is 0.914 bits per heavy atom. The molecule has 1 amide bonds. The Labute approximate surface area is 210 Å². The second kappa shape index (κ2) is 11.7. The van der Waals surface area contributed by atoms with Crippen molar-refractivity contribution in [3.8, 4) is 11.5 Å². The molecule has 0 atom stereocenters. The molecule has 0 saturated heterocycles. The molecule has 0 unspecified atom stereocenters. The van der Waals surface area contributed by atoms with Gasteiger partial charge in [0, 0.05) is 11.4 Å². The highest BCUT2D eigenvalue weighted by molar-refractivity contribution is 7.92. The van der Waals surface area contributed by atoms with Crippen molar-refractivity contribution in [2.24, 2.45) is 0 Å². The van der Waals surface area contributed by atoms with Crippen molar-refractivity contribution in [2.45, 2.75) is 25.7 Å². The Morgan fingerprint density at radius 3 is 2.23 bits per heavy atom. The van der Waals surface area contributed by atoms with Crippen LogP contribution in [0.5, 0.6) is 11.5 Å². The number of anilines is 2. The average molecular weight is 514 g/mol. The van der Waals surface area contributed by atoms with Crippen LogP contribution in [0, 0.1) is 13.8 Å². The van der Waals surface area contributed by atoms with Crippen molar-refractivity contribution in [1.82, 2.24) is 5.32 Å². The lowest BCUT2D eigenvalue weighted by Crippen LogP contribution is -2.37. The topological polar surface area (TPSA) is 106 Å². The second-order valence-electron chi connectivity index (χ2n) is 7.65. The average Bonchev–Trinajstić information content (AvgIpc) is 2.81. The highest BCUT2D eigenvalue weighted by Gasteiger charge is 2.15. The standard InChI is InChI=1S/C25H27N3O5S2/c1-4-32-21-11-7-20(8-12-21)28-35(30,31)22-13-9-19(10-14-22)26-25(34)27-24(29)16-33-23-15-17(2)5-6-18(23)3/h5-15,28H,4,16H2,1-3H3,(H2,26,27,29,34). The Kier molecular flexibility index (Phi) is 8.67. The van der Waals surface area contributed by atoms with Crippen molar-refractivity contribution in [3.05, 3.63) is 77.9 Å². The van der Waals surface area contributed by atoms with E-state index < -0.39 is 15.9 Å². The fourth-order valence-corrected chi connectivity index (χ4v) is 4.34. The molecule has 0 bridgehead atoms. The number of thiocarbonyl (C=S) groups is 1. The van der Waals surface area contributed by atoms with Crippen LogP contribution in [-0.4, -0.2) is 32.7 Å². The van der Waals surface area contributed by atoms with Crippen LogP contribution in [0.3, 0.4) is 0 Å². The van der Waals surface area contributed by atoms with Gasteiger partial charge in [-0.25, -0.2) is 8.42 Å². The maximum absolute atomic E-state index is 12.7. The maximum Gasteiger partial charge on any atom is 0.264 e. The van der Waals surface area contributed by atoms with Crippen LogP contribution < -0.4 is 24.8 Å². The predicted molar refractivity (Wildman–Crippen MR) is 141 cm³/mol. The minimum absolute atomic E-state index is 0.0719. The predicted octanol–water partition coefficient (Wildman–Crippen LogP) is 4.39. The molecule has 184 valence electrons. The molecule has 8 nitrogen and oxygen atoms in total. The van der Waals surface area contributed by atoms with Crippen molar-refractivity contribution < 1.29 is 22.7 Å². The van der Waals surface area contributed by atoms with Crippen LogP contribution in [0.25, 0.3) is 0 Å². The molecule has 0 heterocycles. The number of sulfonamides is 1. The van der Waals surface area contributed by atoms with E-state index in [2.05, 4.69) is 15.4 Å². The Bertz CT molecular complexity index is 1290. The van der Waals surface area contributed by atoms with Crippen LogP contribution in [-0.2, 0) is 14.8 Å². The summed E-state index contributed by atoms with van der Waals surface area (Å²) < 4.78 is 38.8. The first kappa shape index (κ1) is 26.0. The van der Waals surface area contributed by atoms with Crippen LogP contribution in [0.2, 0.25) is 0 Å². The fourth-order valence-electron chi connectivity index (χ4n) is 3.05. The van der Waals surface area contributed by atoms with Gasteiger partial charge in [0.15, 0.2) is 11.7 Å². The molecule has 0 aromatic heterocycles. The monoisotopic (exact) mass is 513 g/mol. The summed E-state index contributed by atoms with van der Waals surface area (Å²) in [7, 11) is -3.78. The Balaban J connectivity index is 1.52. The third kappa shape index (κ3) is 7.69. The van der Waals surface area contributed by atoms with Gasteiger partial charge >= 0.3 is 0 Å². The molecule has 35 heavy (non-hydrogen) atoms. The van der Waals surface area contributed by atoms with Crippen molar-refractivity contribution in [1.29, 1.82) is 0 Å². The zero-order valence-electron chi connectivity index (χ0n) is 19.6. The van der Waals surface area contributed by atoms with E-state index in [0.29, 0.717) is 29.5 Å². The van der Waals surface area contributed by atoms with Crippen LogP contribution >= 0.6 is 12.2 Å². The summed E-state index contributed by atoms with van der Waals surface area (Å²) in [5.41, 5.74) is 2.90. The SMILES string of the molecule is CCOc1ccc(NS(=O)(=O)c2ccc(NC(=S)NC(=O)COc3cc(C)ccc3C)cc2)cc1. The van der Waals surface area contributed by atoms with Crippen molar-refractivity contribution in [2.75, 3.05) is 23.3 Å². The van der Waals surface area contributed by atoms with E-state index in [1.54, 1.807) is 36.4 Å². The third-order valence-corrected chi connectivity index (χ3v) is 6.40. The van der Waals surface area contributed by atoms with E-state index in [9.17, 15) is 13.2 Å². The molecule has 10 heteroatoms. The zero-order chi connectivity index (χ0) is 25.4. The lowest BCUT2D eigenvalue weighted by atomic mass is 10.1. The zero-order valence-corrected chi connectivity index (χ0v) is 21.3. The lowest BCUT2D eigenvalue weighted by Gasteiger charge is -2.13. The first-order chi connectivity index (χ1) is 16.7. The number of rotatable bonds is 9. The van der Waals surface area contributed by atoms with Crippen LogP contribution in [0.15, 0.2) is 71.6 Å². The normalized spacial score (nSPS) is 10.8. The summed E-state index contributed by atoms with van der Waals surface area (Å²) in [5, 5.41) is 5.46. The highest BCUT2D eigenvalue weighted by atomic mass is 32.2. The molecule has 0 radical (unpaired) electrons. The van der Waals surface area contributed by atoms with Gasteiger partial charge in [-0.3, -0.25) is 14.8 Å². The summed E-state index contributed by atoms with van der Waals surface area (Å²) >= 11 is 5.17. The molecule has 3 aromatic carbocycles. The molecular weight excluding hydrogens is 486 g/mol. The number of amides is 1. The summed E-state index contributed by atoms with van der Waals surface area (Å²) in [6.07, 6.45) is 0. The Hall–Kier alpha value is -3.63. The number of benzene rings is 3. The summed E-state index contributed by atoms with van der Waals surface area (Å²) in [4.78, 5) is 12.2. The minimum atomic E-state index is -3.78. The number of nitrogens with one attached hydrogen (secondary N) is 3. The molecule has 3 N–H and O–H groups in total. The van der Waals surface area contributed by atoms with Crippen LogP contribution in [0.4, 0.5) is 11.4 Å². The lowest BCUT2D eigenvalue weighted by molar-refractivity contribution is -0.121. The van der Waals surface area contributed by atoms with Crippen molar-refractivity contribution in [3.63, 3.8) is 0 Å². The Morgan fingerprint density at radius 2 is 1.57 bits per heavy atom. The van der Waals surface area contributed by atoms with Crippen molar-refractivity contribution >= 4 is 44.6 Å². The molecule has 0 saturated carbocycles. The fraction of sp³-hybridized carbons (Fsp3) is 0.200. The van der Waals surface area contributed by atoms with Gasteiger partial charge in [-0.2, -0.15) is 0 Å². The van der Waals surface area contributed by atoms with Gasteiger partial charge in [-0.05, 0) is 98.7 Å². The third-order valence-electron chi connectivity index (χ3n) is 4.80. The van der Waals surface area contributed by atoms with Gasteiger partial charge in [0.25, 0.3) is 15.9 Å². The number of hydrogen-bond donors (Lipinski definition) is 3. The number of aryl methyl sites for hydroxylation is 2. The molecule has 0 spiro atoms. The van der Waals surface area contributed by atoms with E-state index >= 15 is 0 Å². The van der Waals surface area contributed by atoms with Gasteiger partial charge in [-0.15, -0.1) is 0 Å². The van der Waals surface area contributed by atoms with Gasteiger partial charge in [0.05, 0.1) is 11.5 Å². The first-order valence-corrected chi connectivity index (χ1v) is 12.7. The first-order valence-electron chi connectivity index (χ1n) is 10.8. The summed E-state index contributed by atoms with van der Waals surface area (Å²) in [6.45, 7) is 6.05. The quantitative estimate of drug-likeness (QED) is 0.364. The highest BCUT2D eigenvalue weighted by Crippen LogP contribution is 2.21. The minimum Gasteiger partial charge on any atom is -0.494 e. The molecule has 3 aromatic rings. The number of ether oxygens (including phenoxy) is 2. The largest absolute Gasteiger partial charge is 0.494 e. The number of hydrogen-bond acceptors (Lipinski definition) is 6. The maximum atomic E-state index is 12.7. The van der Waals surface area contributed by atoms with Gasteiger partial charge < -0.3 is 14.8 Å². The van der Waals surface area contributed by atoms with Gasteiger partial charge in [-0.1, -0.05) is 12.1 Å². The molecule has 0 fully saturated rings. The second-order valence-corrected chi connectivity index (χ2v) is 9.74. The molecule has 0 aliphatic carbocycles. The number of carbonyl (C=O) groups is 1. The van der Waals surface area contributed by atoms with Gasteiger partial charge in [0.2, 0.25) is 0 Å². The van der Waals surface area contributed by atoms with E-state index in [-0.39, 0.29) is 16.6 Å². The van der Waals surface area contributed by atoms with E-state index in [1.165, 1.54) is 12.1 Å². The summed E-state index contributed by atoms with van der Waals surface area (Å²) in [6, 6.07) is 18.4. The molecule has 3 rings (SSSR count). The molecule has 0 aliphatic rings. The summed E-state index contributed by atoms with van der Waals surface area (Å²) in [5.74, 6) is 0.877. The molecular formula is C25H27N3O5S2. The van der Waals surface area contributed by atoms with E-state index in [0.717, 1.165) is 11.1 Å². The van der Waals surface area contributed by atoms with Crippen LogP contribution in [0.1, 0.15) is 18.1 Å². The van der Waals surface area contributed by atoms with E-state index in [1.807, 2.05) is 39.0 Å². The van der Waals surface area contributed by atoms with Gasteiger partial charge in [0.1, 0.15) is 11.5 Å². The smallest absolute Gasteiger partial charge is 0.264 e.